The molecular formula is C19H37N2O4+. The first-order chi connectivity index (χ1) is 11.8. The highest BCUT2D eigenvalue weighted by atomic mass is 16.6. The van der Waals surface area contributed by atoms with Gasteiger partial charge in [0.25, 0.3) is 0 Å². The largest absolute Gasteiger partial charge is 0.450 e. The second kappa shape index (κ2) is 9.19. The highest BCUT2D eigenvalue weighted by Gasteiger charge is 2.33. The predicted molar refractivity (Wildman–Crippen MR) is 96.7 cm³/mol. The molecule has 146 valence electrons. The molecule has 2 fully saturated rings. The van der Waals surface area contributed by atoms with Crippen LogP contribution in [0, 0.1) is 11.3 Å². The van der Waals surface area contributed by atoms with Gasteiger partial charge in [0.05, 0.1) is 45.5 Å². The Morgan fingerprint density at radius 3 is 2.60 bits per heavy atom. The summed E-state index contributed by atoms with van der Waals surface area (Å²) in [5, 5.41) is 10.3. The molecular weight excluding hydrogens is 320 g/mol. The van der Waals surface area contributed by atoms with Crippen LogP contribution in [0.1, 0.15) is 47.0 Å². The molecule has 0 bridgehead atoms. The lowest BCUT2D eigenvalue weighted by molar-refractivity contribution is -0.907. The van der Waals surface area contributed by atoms with E-state index in [4.69, 9.17) is 9.47 Å². The molecule has 25 heavy (non-hydrogen) atoms. The number of quaternary nitrogens is 1. The smallest absolute Gasteiger partial charge is 0.410 e. The molecule has 0 radical (unpaired) electrons. The van der Waals surface area contributed by atoms with Crippen LogP contribution in [0.2, 0.25) is 0 Å². The third-order valence-electron chi connectivity index (χ3n) is 5.39. The molecule has 1 heterocycles. The Balaban J connectivity index is 1.66. The molecule has 0 aromatic heterocycles. The van der Waals surface area contributed by atoms with E-state index in [0.717, 1.165) is 25.9 Å². The highest BCUT2D eigenvalue weighted by Crippen LogP contribution is 2.39. The van der Waals surface area contributed by atoms with Crippen LogP contribution in [0.25, 0.3) is 0 Å². The van der Waals surface area contributed by atoms with E-state index < -0.39 is 6.10 Å². The SMILES string of the molecule is CCOC(=O)N1CC[NH+](C[C@@H](O)CO[C@H]2C[C@H](C)CC(C)(C)C2)CC1. The van der Waals surface area contributed by atoms with Crippen molar-refractivity contribution in [2.45, 2.75) is 59.2 Å². The van der Waals surface area contributed by atoms with Crippen molar-refractivity contribution in [2.75, 3.05) is 45.9 Å². The lowest BCUT2D eigenvalue weighted by Gasteiger charge is -2.39. The maximum Gasteiger partial charge on any atom is 0.410 e. The molecule has 1 saturated heterocycles. The van der Waals surface area contributed by atoms with E-state index in [9.17, 15) is 9.90 Å². The Labute approximate surface area is 152 Å². The standard InChI is InChI=1S/C19H36N2O4/c1-5-24-18(23)21-8-6-20(7-9-21)13-16(22)14-25-17-10-15(2)11-19(3,4)12-17/h15-17,22H,5-14H2,1-4H3/p+1/t15-,16+,17-/m0/s1. The normalized spacial score (nSPS) is 28.6. The summed E-state index contributed by atoms with van der Waals surface area (Å²) in [6.45, 7) is 13.3. The van der Waals surface area contributed by atoms with Crippen molar-refractivity contribution in [1.29, 1.82) is 0 Å². The number of carbonyl (C=O) groups excluding carboxylic acids is 1. The number of carbonyl (C=O) groups is 1. The molecule has 2 rings (SSSR count). The van der Waals surface area contributed by atoms with Gasteiger partial charge in [-0.2, -0.15) is 0 Å². The molecule has 2 N–H and O–H groups in total. The van der Waals surface area contributed by atoms with Gasteiger partial charge < -0.3 is 19.5 Å². The van der Waals surface area contributed by atoms with Crippen LogP contribution in [0.5, 0.6) is 0 Å². The van der Waals surface area contributed by atoms with Crippen molar-refractivity contribution in [3.8, 4) is 0 Å². The minimum Gasteiger partial charge on any atom is -0.450 e. The molecule has 1 amide bonds. The number of piperazine rings is 1. The maximum absolute atomic E-state index is 11.7. The molecule has 3 atom stereocenters. The van der Waals surface area contributed by atoms with E-state index >= 15 is 0 Å². The Kier molecular flexibility index (Phi) is 7.52. The monoisotopic (exact) mass is 357 g/mol. The third kappa shape index (κ3) is 6.76. The first-order valence-electron chi connectivity index (χ1n) is 9.84. The summed E-state index contributed by atoms with van der Waals surface area (Å²) in [7, 11) is 0. The van der Waals surface area contributed by atoms with Crippen molar-refractivity contribution in [3.63, 3.8) is 0 Å². The minimum absolute atomic E-state index is 0.223. The van der Waals surface area contributed by atoms with Crippen LogP contribution >= 0.6 is 0 Å². The fraction of sp³-hybridized carbons (Fsp3) is 0.947. The summed E-state index contributed by atoms with van der Waals surface area (Å²) in [6.07, 6.45) is 3.04. The molecule has 0 spiro atoms. The number of hydrogen-bond acceptors (Lipinski definition) is 4. The van der Waals surface area contributed by atoms with Gasteiger partial charge in [-0.1, -0.05) is 20.8 Å². The summed E-state index contributed by atoms with van der Waals surface area (Å²) < 4.78 is 11.1. The van der Waals surface area contributed by atoms with Gasteiger partial charge in [-0.3, -0.25) is 4.90 Å². The van der Waals surface area contributed by atoms with Gasteiger partial charge in [0.15, 0.2) is 0 Å². The van der Waals surface area contributed by atoms with E-state index in [-0.39, 0.29) is 12.2 Å². The number of aliphatic hydroxyl groups is 1. The number of nitrogens with one attached hydrogen (secondary N) is 1. The Morgan fingerprint density at radius 1 is 1.32 bits per heavy atom. The average molecular weight is 358 g/mol. The zero-order chi connectivity index (χ0) is 18.4. The topological polar surface area (TPSA) is 63.4 Å². The van der Waals surface area contributed by atoms with Crippen LogP contribution < -0.4 is 4.90 Å². The van der Waals surface area contributed by atoms with Gasteiger partial charge >= 0.3 is 6.09 Å². The summed E-state index contributed by atoms with van der Waals surface area (Å²) in [4.78, 5) is 14.8. The first kappa shape index (κ1) is 20.5. The van der Waals surface area contributed by atoms with Crippen molar-refractivity contribution in [3.05, 3.63) is 0 Å². The zero-order valence-corrected chi connectivity index (χ0v) is 16.4. The number of hydrogen-bond donors (Lipinski definition) is 2. The van der Waals surface area contributed by atoms with Gasteiger partial charge in [-0.15, -0.1) is 0 Å². The summed E-state index contributed by atoms with van der Waals surface area (Å²) in [6, 6.07) is 0. The van der Waals surface area contributed by atoms with Crippen LogP contribution in [0.15, 0.2) is 0 Å². The van der Waals surface area contributed by atoms with Crippen molar-refractivity contribution >= 4 is 6.09 Å². The van der Waals surface area contributed by atoms with Gasteiger partial charge in [-0.05, 0) is 37.5 Å². The number of rotatable bonds is 6. The maximum atomic E-state index is 11.7. The average Bonchev–Trinajstić information content (AvgIpc) is 2.52. The molecule has 1 aliphatic heterocycles. The molecule has 2 aliphatic rings. The second-order valence-corrected chi connectivity index (χ2v) is 8.66. The predicted octanol–water partition coefficient (Wildman–Crippen LogP) is 0.936. The molecule has 6 heteroatoms. The molecule has 1 saturated carbocycles. The Hall–Kier alpha value is -0.850. The van der Waals surface area contributed by atoms with Crippen LogP contribution in [0.4, 0.5) is 4.79 Å². The summed E-state index contributed by atoms with van der Waals surface area (Å²) in [5.41, 5.74) is 0.335. The number of amides is 1. The van der Waals surface area contributed by atoms with E-state index in [1.54, 1.807) is 4.90 Å². The fourth-order valence-electron chi connectivity index (χ4n) is 4.45. The number of nitrogens with zero attached hydrogens (tertiary/aromatic N) is 1. The quantitative estimate of drug-likeness (QED) is 0.743. The van der Waals surface area contributed by atoms with Crippen LogP contribution in [-0.4, -0.2) is 74.2 Å². The summed E-state index contributed by atoms with van der Waals surface area (Å²) >= 11 is 0. The zero-order valence-electron chi connectivity index (χ0n) is 16.4. The van der Waals surface area contributed by atoms with Crippen LogP contribution in [0.3, 0.4) is 0 Å². The Bertz CT molecular complexity index is 422. The first-order valence-corrected chi connectivity index (χ1v) is 9.84. The molecule has 0 aromatic rings. The highest BCUT2D eigenvalue weighted by molar-refractivity contribution is 5.67. The molecule has 0 aromatic carbocycles. The fourth-order valence-corrected chi connectivity index (χ4v) is 4.45. The third-order valence-corrected chi connectivity index (χ3v) is 5.39. The van der Waals surface area contributed by atoms with E-state index in [1.807, 2.05) is 6.92 Å². The number of aliphatic hydroxyl groups excluding tert-OH is 1. The minimum atomic E-state index is -0.440. The lowest BCUT2D eigenvalue weighted by atomic mass is 9.71. The summed E-state index contributed by atoms with van der Waals surface area (Å²) in [5.74, 6) is 0.687. The van der Waals surface area contributed by atoms with Gasteiger partial charge in [0, 0.05) is 0 Å². The number of ether oxygens (including phenoxy) is 2. The van der Waals surface area contributed by atoms with Gasteiger partial charge in [0.1, 0.15) is 12.6 Å². The lowest BCUT2D eigenvalue weighted by Crippen LogP contribution is -3.15. The second-order valence-electron chi connectivity index (χ2n) is 8.66. The van der Waals surface area contributed by atoms with Crippen molar-refractivity contribution in [1.82, 2.24) is 4.90 Å². The van der Waals surface area contributed by atoms with E-state index in [1.165, 1.54) is 11.3 Å². The Morgan fingerprint density at radius 2 is 2.00 bits per heavy atom. The molecule has 1 aliphatic carbocycles. The van der Waals surface area contributed by atoms with Crippen molar-refractivity contribution in [2.24, 2.45) is 11.3 Å². The molecule has 0 unspecified atom stereocenters. The van der Waals surface area contributed by atoms with Gasteiger partial charge in [-0.25, -0.2) is 4.79 Å². The van der Waals surface area contributed by atoms with E-state index in [0.29, 0.717) is 44.2 Å². The molecule has 6 nitrogen and oxygen atoms in total. The van der Waals surface area contributed by atoms with Gasteiger partial charge in [0.2, 0.25) is 0 Å². The van der Waals surface area contributed by atoms with Crippen LogP contribution in [-0.2, 0) is 9.47 Å². The van der Waals surface area contributed by atoms with Crippen molar-refractivity contribution < 1.29 is 24.3 Å². The van der Waals surface area contributed by atoms with E-state index in [2.05, 4.69) is 20.8 Å².